The minimum Gasteiger partial charge on any atom is -0.496 e. The monoisotopic (exact) mass is 389 g/mol. The van der Waals surface area contributed by atoms with Crippen molar-refractivity contribution in [3.8, 4) is 5.75 Å². The first-order valence-corrected chi connectivity index (χ1v) is 9.51. The van der Waals surface area contributed by atoms with Crippen LogP contribution in [0, 0.1) is 11.6 Å². The molecule has 0 bridgehead atoms. The maximum absolute atomic E-state index is 13.8. The molecule has 0 saturated carbocycles. The van der Waals surface area contributed by atoms with E-state index in [2.05, 4.69) is 0 Å². The molecule has 0 aliphatic carbocycles. The zero-order valence-electron chi connectivity index (χ0n) is 14.5. The van der Waals surface area contributed by atoms with E-state index in [0.717, 1.165) is 22.5 Å². The predicted molar refractivity (Wildman–Crippen MR) is 99.2 cm³/mol. The quantitative estimate of drug-likeness (QED) is 0.629. The van der Waals surface area contributed by atoms with Crippen molar-refractivity contribution in [1.29, 1.82) is 0 Å². The summed E-state index contributed by atoms with van der Waals surface area (Å²) >= 11 is 0. The molecule has 0 fully saturated rings. The maximum atomic E-state index is 13.8. The van der Waals surface area contributed by atoms with Crippen LogP contribution in [0.25, 0.3) is 0 Å². The van der Waals surface area contributed by atoms with Crippen molar-refractivity contribution in [1.82, 2.24) is 0 Å². The first-order chi connectivity index (χ1) is 12.9. The maximum Gasteiger partial charge on any atom is 0.264 e. The van der Waals surface area contributed by atoms with Gasteiger partial charge in [-0.15, -0.1) is 0 Å². The average molecular weight is 389 g/mol. The second-order valence-corrected chi connectivity index (χ2v) is 7.62. The molecule has 0 amide bonds. The minimum absolute atomic E-state index is 0.105. The number of para-hydroxylation sites is 1. The van der Waals surface area contributed by atoms with Crippen LogP contribution in [0.3, 0.4) is 0 Å². The van der Waals surface area contributed by atoms with Crippen LogP contribution >= 0.6 is 0 Å². The lowest BCUT2D eigenvalue weighted by molar-refractivity contribution is 0.410. The molecule has 7 heteroatoms. The predicted octanol–water partition coefficient (Wildman–Crippen LogP) is 4.37. The van der Waals surface area contributed by atoms with Crippen molar-refractivity contribution in [2.75, 3.05) is 11.4 Å². The van der Waals surface area contributed by atoms with Gasteiger partial charge in [0.05, 0.1) is 24.2 Å². The van der Waals surface area contributed by atoms with Crippen LogP contribution in [0.1, 0.15) is 5.56 Å². The van der Waals surface area contributed by atoms with Gasteiger partial charge in [-0.3, -0.25) is 4.31 Å². The smallest absolute Gasteiger partial charge is 0.264 e. The molecule has 3 aromatic carbocycles. The summed E-state index contributed by atoms with van der Waals surface area (Å²) in [6.07, 6.45) is 0. The number of sulfonamides is 1. The van der Waals surface area contributed by atoms with Gasteiger partial charge in [-0.2, -0.15) is 0 Å². The summed E-state index contributed by atoms with van der Waals surface area (Å²) in [5, 5.41) is 0. The molecule has 0 saturated heterocycles. The molecule has 0 aromatic heterocycles. The number of benzene rings is 3. The summed E-state index contributed by atoms with van der Waals surface area (Å²) < 4.78 is 60.1. The van der Waals surface area contributed by atoms with Crippen molar-refractivity contribution in [3.63, 3.8) is 0 Å². The number of nitrogens with zero attached hydrogens (tertiary/aromatic N) is 1. The Hall–Kier alpha value is -2.93. The van der Waals surface area contributed by atoms with Gasteiger partial charge in [-0.1, -0.05) is 30.3 Å². The highest BCUT2D eigenvalue weighted by atomic mass is 32.2. The number of methoxy groups -OCH3 is 1. The zero-order valence-corrected chi connectivity index (χ0v) is 15.3. The van der Waals surface area contributed by atoms with E-state index in [0.29, 0.717) is 11.3 Å². The Bertz CT molecular complexity index is 1050. The van der Waals surface area contributed by atoms with E-state index in [1.807, 2.05) is 0 Å². The highest BCUT2D eigenvalue weighted by Crippen LogP contribution is 2.29. The SMILES string of the molecule is COc1ccccc1CN(c1cccc(F)c1)S(=O)(=O)c1cccc(F)c1. The van der Waals surface area contributed by atoms with E-state index in [-0.39, 0.29) is 17.1 Å². The van der Waals surface area contributed by atoms with Crippen molar-refractivity contribution in [3.05, 3.63) is 90.0 Å². The van der Waals surface area contributed by atoms with Gasteiger partial charge in [-0.25, -0.2) is 17.2 Å². The lowest BCUT2D eigenvalue weighted by atomic mass is 10.2. The van der Waals surface area contributed by atoms with Gasteiger partial charge in [0, 0.05) is 5.56 Å². The van der Waals surface area contributed by atoms with Crippen molar-refractivity contribution in [2.45, 2.75) is 11.4 Å². The fourth-order valence-corrected chi connectivity index (χ4v) is 4.16. The lowest BCUT2D eigenvalue weighted by Gasteiger charge is -2.25. The molecule has 0 unspecified atom stereocenters. The van der Waals surface area contributed by atoms with E-state index in [4.69, 9.17) is 4.74 Å². The molecule has 0 aliphatic heterocycles. The molecule has 140 valence electrons. The van der Waals surface area contributed by atoms with Crippen molar-refractivity contribution < 1.29 is 21.9 Å². The van der Waals surface area contributed by atoms with Gasteiger partial charge in [-0.05, 0) is 42.5 Å². The Labute approximate surface area is 156 Å². The van der Waals surface area contributed by atoms with E-state index in [1.165, 1.54) is 37.4 Å². The molecule has 0 aliphatic rings. The number of ether oxygens (including phenoxy) is 1. The van der Waals surface area contributed by atoms with Crippen molar-refractivity contribution in [2.24, 2.45) is 0 Å². The van der Waals surface area contributed by atoms with Crippen LogP contribution in [0.4, 0.5) is 14.5 Å². The number of anilines is 1. The summed E-state index contributed by atoms with van der Waals surface area (Å²) in [7, 11) is -2.67. The molecule has 3 rings (SSSR count). The molecule has 0 atom stereocenters. The highest BCUT2D eigenvalue weighted by molar-refractivity contribution is 7.92. The molecule has 3 aromatic rings. The average Bonchev–Trinajstić information content (AvgIpc) is 2.66. The number of hydrogen-bond acceptors (Lipinski definition) is 3. The van der Waals surface area contributed by atoms with Gasteiger partial charge in [0.25, 0.3) is 10.0 Å². The third kappa shape index (κ3) is 4.09. The van der Waals surface area contributed by atoms with E-state index >= 15 is 0 Å². The molecule has 0 heterocycles. The molecule has 0 spiro atoms. The molecular weight excluding hydrogens is 372 g/mol. The third-order valence-electron chi connectivity index (χ3n) is 3.99. The van der Waals surface area contributed by atoms with Crippen molar-refractivity contribution >= 4 is 15.7 Å². The van der Waals surface area contributed by atoms with Gasteiger partial charge in [0.1, 0.15) is 17.4 Å². The summed E-state index contributed by atoms with van der Waals surface area (Å²) in [5.74, 6) is -0.757. The van der Waals surface area contributed by atoms with Gasteiger partial charge in [0.2, 0.25) is 0 Å². The second kappa shape index (κ2) is 7.75. The van der Waals surface area contributed by atoms with Crippen LogP contribution in [0.15, 0.2) is 77.7 Å². The summed E-state index contributed by atoms with van der Waals surface area (Å²) in [5.41, 5.74) is 0.717. The molecule has 27 heavy (non-hydrogen) atoms. The van der Waals surface area contributed by atoms with Gasteiger partial charge >= 0.3 is 0 Å². The highest BCUT2D eigenvalue weighted by Gasteiger charge is 2.27. The topological polar surface area (TPSA) is 46.6 Å². The fourth-order valence-electron chi connectivity index (χ4n) is 2.69. The third-order valence-corrected chi connectivity index (χ3v) is 5.76. The Balaban J connectivity index is 2.13. The van der Waals surface area contributed by atoms with Crippen LogP contribution in [0.2, 0.25) is 0 Å². The normalized spacial score (nSPS) is 11.2. The lowest BCUT2D eigenvalue weighted by Crippen LogP contribution is -2.31. The number of hydrogen-bond donors (Lipinski definition) is 0. The van der Waals surface area contributed by atoms with E-state index in [9.17, 15) is 17.2 Å². The fraction of sp³-hybridized carbons (Fsp3) is 0.100. The summed E-state index contributed by atoms with van der Waals surface area (Å²) in [6.45, 7) is -0.105. The molecule has 0 N–H and O–H groups in total. The zero-order chi connectivity index (χ0) is 19.4. The Morgan fingerprint density at radius 2 is 1.56 bits per heavy atom. The van der Waals surface area contributed by atoms with E-state index < -0.39 is 21.7 Å². The van der Waals surface area contributed by atoms with Crippen LogP contribution in [0.5, 0.6) is 5.75 Å². The van der Waals surface area contributed by atoms with E-state index in [1.54, 1.807) is 24.3 Å². The first kappa shape index (κ1) is 18.8. The standard InChI is InChI=1S/C20H17F2NO3S/c1-26-20-11-3-2-6-15(20)14-23(18-9-4-7-16(21)12-18)27(24,25)19-10-5-8-17(22)13-19/h2-13H,14H2,1H3. The molecule has 0 radical (unpaired) electrons. The van der Waals surface area contributed by atoms with Gasteiger partial charge in [0.15, 0.2) is 0 Å². The first-order valence-electron chi connectivity index (χ1n) is 8.07. The van der Waals surface area contributed by atoms with Crippen LogP contribution in [-0.4, -0.2) is 15.5 Å². The number of halogens is 2. The Morgan fingerprint density at radius 3 is 2.22 bits per heavy atom. The Kier molecular flexibility index (Phi) is 5.41. The largest absolute Gasteiger partial charge is 0.496 e. The van der Waals surface area contributed by atoms with Crippen LogP contribution in [-0.2, 0) is 16.6 Å². The minimum atomic E-state index is -4.15. The van der Waals surface area contributed by atoms with Gasteiger partial charge < -0.3 is 4.74 Å². The molecular formula is C20H17F2NO3S. The second-order valence-electron chi connectivity index (χ2n) is 5.76. The summed E-state index contributed by atoms with van der Waals surface area (Å²) in [4.78, 5) is -0.221. The summed E-state index contributed by atoms with van der Waals surface area (Å²) in [6, 6.07) is 16.9. The van der Waals surface area contributed by atoms with Crippen LogP contribution < -0.4 is 9.04 Å². The Morgan fingerprint density at radius 1 is 0.889 bits per heavy atom. The number of rotatable bonds is 6. The molecule has 4 nitrogen and oxygen atoms in total.